The van der Waals surface area contributed by atoms with Crippen molar-refractivity contribution in [1.29, 1.82) is 0 Å². The number of hydrogen-bond donors (Lipinski definition) is 0. The van der Waals surface area contributed by atoms with Crippen molar-refractivity contribution in [2.24, 2.45) is 0 Å². The largest absolute Gasteiger partial charge is 0.431 e. The lowest BCUT2D eigenvalue weighted by molar-refractivity contribution is -0.131. The molecule has 1 heterocycles. The Morgan fingerprint density at radius 3 is 2.27 bits per heavy atom. The maximum absolute atomic E-state index is 12.9. The fourth-order valence-electron chi connectivity index (χ4n) is 4.18. The van der Waals surface area contributed by atoms with Crippen molar-refractivity contribution in [2.75, 3.05) is 12.3 Å². The van der Waals surface area contributed by atoms with E-state index < -0.39 is 0 Å². The van der Waals surface area contributed by atoms with Crippen LogP contribution in [0.4, 0.5) is 0 Å². The highest BCUT2D eigenvalue weighted by atomic mass is 32.2. The molecule has 5 heteroatoms. The Bertz CT molecular complexity index is 893. The van der Waals surface area contributed by atoms with Gasteiger partial charge in [0.1, 0.15) is 5.69 Å². The van der Waals surface area contributed by atoms with Crippen molar-refractivity contribution in [3.63, 3.8) is 0 Å². The number of carbonyl (C=O) groups is 1. The van der Waals surface area contributed by atoms with Crippen molar-refractivity contribution < 1.29 is 9.21 Å². The highest BCUT2D eigenvalue weighted by Gasteiger charge is 2.25. The lowest BCUT2D eigenvalue weighted by atomic mass is 9.94. The third-order valence-electron chi connectivity index (χ3n) is 5.69. The predicted octanol–water partition coefficient (Wildman–Crippen LogP) is 6.28. The first kappa shape index (κ1) is 20.7. The number of thioether (sulfide) groups is 1. The minimum Gasteiger partial charge on any atom is -0.431 e. The summed E-state index contributed by atoms with van der Waals surface area (Å²) in [7, 11) is 0. The standard InChI is InChI=1S/C25H28N2O2S/c1-2-27(21-16-10-5-11-17-21)22(28)18-30-25-26-23(19-12-6-3-7-13-19)24(29-25)20-14-8-4-9-15-20/h3-4,6-9,12-15,21H,2,5,10-11,16-18H2,1H3. The zero-order valence-corrected chi connectivity index (χ0v) is 18.2. The van der Waals surface area contributed by atoms with Gasteiger partial charge in [-0.05, 0) is 19.8 Å². The smallest absolute Gasteiger partial charge is 0.257 e. The number of rotatable bonds is 7. The van der Waals surface area contributed by atoms with E-state index in [9.17, 15) is 4.79 Å². The van der Waals surface area contributed by atoms with Crippen molar-refractivity contribution in [3.8, 4) is 22.6 Å². The number of amides is 1. The van der Waals surface area contributed by atoms with Gasteiger partial charge in [0.2, 0.25) is 5.91 Å². The molecule has 0 atom stereocenters. The summed E-state index contributed by atoms with van der Waals surface area (Å²) in [6, 6.07) is 20.5. The molecule has 2 aromatic carbocycles. The molecule has 4 rings (SSSR count). The van der Waals surface area contributed by atoms with Crippen LogP contribution in [0.3, 0.4) is 0 Å². The van der Waals surface area contributed by atoms with Crippen LogP contribution in [0.15, 0.2) is 70.3 Å². The van der Waals surface area contributed by atoms with E-state index in [1.165, 1.54) is 31.0 Å². The summed E-state index contributed by atoms with van der Waals surface area (Å²) in [5, 5.41) is 0.542. The highest BCUT2D eigenvalue weighted by molar-refractivity contribution is 7.99. The molecular weight excluding hydrogens is 392 g/mol. The minimum absolute atomic E-state index is 0.176. The molecule has 4 nitrogen and oxygen atoms in total. The van der Waals surface area contributed by atoms with Crippen LogP contribution in [0.25, 0.3) is 22.6 Å². The van der Waals surface area contributed by atoms with E-state index in [0.29, 0.717) is 17.0 Å². The molecule has 1 aromatic heterocycles. The molecule has 1 aliphatic rings. The molecule has 1 fully saturated rings. The first-order chi connectivity index (χ1) is 14.8. The van der Waals surface area contributed by atoms with Gasteiger partial charge < -0.3 is 9.32 Å². The van der Waals surface area contributed by atoms with E-state index in [2.05, 4.69) is 6.92 Å². The molecule has 1 saturated carbocycles. The van der Waals surface area contributed by atoms with Crippen LogP contribution in [-0.4, -0.2) is 34.1 Å². The maximum atomic E-state index is 12.9. The lowest BCUT2D eigenvalue weighted by Gasteiger charge is -2.33. The predicted molar refractivity (Wildman–Crippen MR) is 122 cm³/mol. The Kier molecular flexibility index (Phi) is 6.90. The van der Waals surface area contributed by atoms with E-state index in [1.807, 2.05) is 65.6 Å². The molecule has 0 bridgehead atoms. The second kappa shape index (κ2) is 9.98. The van der Waals surface area contributed by atoms with Gasteiger partial charge >= 0.3 is 0 Å². The number of benzene rings is 2. The molecule has 156 valence electrons. The normalized spacial score (nSPS) is 14.6. The average molecular weight is 421 g/mol. The molecule has 30 heavy (non-hydrogen) atoms. The number of oxazole rings is 1. The van der Waals surface area contributed by atoms with Gasteiger partial charge in [0.05, 0.1) is 5.75 Å². The van der Waals surface area contributed by atoms with E-state index in [-0.39, 0.29) is 5.91 Å². The Morgan fingerprint density at radius 1 is 1.00 bits per heavy atom. The fraction of sp³-hybridized carbons (Fsp3) is 0.360. The number of hydrogen-bond acceptors (Lipinski definition) is 4. The number of nitrogens with zero attached hydrogens (tertiary/aromatic N) is 2. The molecule has 0 N–H and O–H groups in total. The molecule has 0 radical (unpaired) electrons. The van der Waals surface area contributed by atoms with Gasteiger partial charge in [-0.15, -0.1) is 0 Å². The summed E-state index contributed by atoms with van der Waals surface area (Å²) in [5.74, 6) is 1.28. The molecular formula is C25H28N2O2S. The Morgan fingerprint density at radius 2 is 1.63 bits per heavy atom. The van der Waals surface area contributed by atoms with Gasteiger partial charge in [0.25, 0.3) is 5.22 Å². The lowest BCUT2D eigenvalue weighted by Crippen LogP contribution is -2.42. The van der Waals surface area contributed by atoms with Crippen LogP contribution in [-0.2, 0) is 4.79 Å². The van der Waals surface area contributed by atoms with Crippen molar-refractivity contribution in [1.82, 2.24) is 9.88 Å². The number of aromatic nitrogens is 1. The summed E-state index contributed by atoms with van der Waals surface area (Å²) in [6.07, 6.45) is 5.99. The van der Waals surface area contributed by atoms with Crippen LogP contribution < -0.4 is 0 Å². The van der Waals surface area contributed by atoms with Crippen LogP contribution in [0, 0.1) is 0 Å². The van der Waals surface area contributed by atoms with Crippen LogP contribution in [0.1, 0.15) is 39.0 Å². The Balaban J connectivity index is 1.53. The second-order valence-corrected chi connectivity index (χ2v) is 8.58. The zero-order valence-electron chi connectivity index (χ0n) is 17.4. The Hall–Kier alpha value is -2.53. The van der Waals surface area contributed by atoms with Crippen LogP contribution >= 0.6 is 11.8 Å². The van der Waals surface area contributed by atoms with Crippen molar-refractivity contribution in [3.05, 3.63) is 60.7 Å². The van der Waals surface area contributed by atoms with Crippen LogP contribution in [0.5, 0.6) is 0 Å². The third-order valence-corrected chi connectivity index (χ3v) is 6.50. The molecule has 0 aliphatic heterocycles. The van der Waals surface area contributed by atoms with Crippen molar-refractivity contribution in [2.45, 2.75) is 50.3 Å². The van der Waals surface area contributed by atoms with Crippen molar-refractivity contribution >= 4 is 17.7 Å². The highest BCUT2D eigenvalue weighted by Crippen LogP contribution is 2.35. The van der Waals surface area contributed by atoms with Gasteiger partial charge in [-0.3, -0.25) is 4.79 Å². The summed E-state index contributed by atoms with van der Waals surface area (Å²) in [5.41, 5.74) is 2.81. The SMILES string of the molecule is CCN(C(=O)CSc1nc(-c2ccccc2)c(-c2ccccc2)o1)C1CCCCC1. The van der Waals surface area contributed by atoms with E-state index in [4.69, 9.17) is 9.40 Å². The van der Waals surface area contributed by atoms with Gasteiger partial charge in [0, 0.05) is 23.7 Å². The fourth-order valence-corrected chi connectivity index (χ4v) is 4.89. The molecule has 0 unspecified atom stereocenters. The van der Waals surface area contributed by atoms with Crippen LogP contribution in [0.2, 0.25) is 0 Å². The summed E-state index contributed by atoms with van der Waals surface area (Å²) in [4.78, 5) is 19.7. The first-order valence-corrected chi connectivity index (χ1v) is 11.8. The summed E-state index contributed by atoms with van der Waals surface area (Å²) < 4.78 is 6.15. The second-order valence-electron chi connectivity index (χ2n) is 7.65. The topological polar surface area (TPSA) is 46.3 Å². The summed E-state index contributed by atoms with van der Waals surface area (Å²) >= 11 is 1.39. The third kappa shape index (κ3) is 4.78. The Labute approximate surface area is 182 Å². The van der Waals surface area contributed by atoms with E-state index in [1.54, 1.807) is 0 Å². The monoisotopic (exact) mass is 420 g/mol. The minimum atomic E-state index is 0.176. The quantitative estimate of drug-likeness (QED) is 0.422. The molecule has 0 spiro atoms. The zero-order chi connectivity index (χ0) is 20.8. The molecule has 3 aromatic rings. The maximum Gasteiger partial charge on any atom is 0.257 e. The summed E-state index contributed by atoms with van der Waals surface area (Å²) in [6.45, 7) is 2.84. The first-order valence-electron chi connectivity index (χ1n) is 10.8. The number of carbonyl (C=O) groups excluding carboxylic acids is 1. The van der Waals surface area contributed by atoms with E-state index in [0.717, 1.165) is 42.0 Å². The van der Waals surface area contributed by atoms with Gasteiger partial charge in [-0.25, -0.2) is 4.98 Å². The van der Waals surface area contributed by atoms with Gasteiger partial charge in [-0.1, -0.05) is 91.7 Å². The average Bonchev–Trinajstić information content (AvgIpc) is 3.24. The van der Waals surface area contributed by atoms with Gasteiger partial charge in [0.15, 0.2) is 5.76 Å². The van der Waals surface area contributed by atoms with E-state index >= 15 is 0 Å². The molecule has 0 saturated heterocycles. The van der Waals surface area contributed by atoms with Gasteiger partial charge in [-0.2, -0.15) is 0 Å². The molecule has 1 amide bonds. The molecule has 1 aliphatic carbocycles.